The summed E-state index contributed by atoms with van der Waals surface area (Å²) in [6.07, 6.45) is 2.00. The average molecular weight is 166 g/mol. The van der Waals surface area contributed by atoms with E-state index < -0.39 is 0 Å². The van der Waals surface area contributed by atoms with E-state index >= 15 is 0 Å². The van der Waals surface area contributed by atoms with Gasteiger partial charge in [0.25, 0.3) is 5.91 Å². The van der Waals surface area contributed by atoms with Crippen molar-refractivity contribution < 1.29 is 9.63 Å². The number of carbonyl (C=O) groups is 1. The van der Waals surface area contributed by atoms with E-state index in [0.717, 1.165) is 12.8 Å². The first-order valence-corrected chi connectivity index (χ1v) is 3.81. The molecule has 4 heteroatoms. The molecule has 0 fully saturated rings. The van der Waals surface area contributed by atoms with E-state index in [2.05, 4.69) is 5.48 Å². The van der Waals surface area contributed by atoms with Crippen LogP contribution in [0.1, 0.15) is 19.8 Å². The molecule has 0 saturated carbocycles. The highest BCUT2D eigenvalue weighted by Gasteiger charge is 1.94. The maximum Gasteiger partial charge on any atom is 0.258 e. The van der Waals surface area contributed by atoms with Crippen LogP contribution in [0.2, 0.25) is 0 Å². The molecule has 0 unspecified atom stereocenters. The van der Waals surface area contributed by atoms with E-state index in [1.807, 2.05) is 6.92 Å². The van der Waals surface area contributed by atoms with E-state index in [1.54, 1.807) is 0 Å². The predicted octanol–water partition coefficient (Wildman–Crippen LogP) is 1.07. The number of hydrogen-bond donors (Lipinski definition) is 1. The molecule has 0 radical (unpaired) electrons. The number of alkyl halides is 1. The van der Waals surface area contributed by atoms with Gasteiger partial charge in [-0.15, -0.1) is 11.6 Å². The molecule has 0 aliphatic heterocycles. The van der Waals surface area contributed by atoms with Gasteiger partial charge in [0.15, 0.2) is 0 Å². The van der Waals surface area contributed by atoms with Crippen LogP contribution >= 0.6 is 11.6 Å². The van der Waals surface area contributed by atoms with Crippen LogP contribution in [0, 0.1) is 0 Å². The Balaban J connectivity index is 2.96. The lowest BCUT2D eigenvalue weighted by Crippen LogP contribution is -2.24. The van der Waals surface area contributed by atoms with E-state index in [4.69, 9.17) is 16.4 Å². The quantitative estimate of drug-likeness (QED) is 0.376. The minimum atomic E-state index is -0.294. The Kier molecular flexibility index (Phi) is 6.64. The first-order chi connectivity index (χ1) is 4.81. The van der Waals surface area contributed by atoms with Gasteiger partial charge in [-0.05, 0) is 6.42 Å². The van der Waals surface area contributed by atoms with Gasteiger partial charge in [-0.25, -0.2) is 5.48 Å². The van der Waals surface area contributed by atoms with Gasteiger partial charge in [-0.2, -0.15) is 0 Å². The molecular weight excluding hydrogens is 154 g/mol. The van der Waals surface area contributed by atoms with Gasteiger partial charge in [0.05, 0.1) is 6.61 Å². The van der Waals surface area contributed by atoms with Crippen LogP contribution in [0.15, 0.2) is 0 Å². The molecule has 0 atom stereocenters. The zero-order valence-electron chi connectivity index (χ0n) is 6.02. The van der Waals surface area contributed by atoms with Crippen molar-refractivity contribution in [3.05, 3.63) is 0 Å². The van der Waals surface area contributed by atoms with Crippen LogP contribution in [0.25, 0.3) is 0 Å². The van der Waals surface area contributed by atoms with E-state index in [9.17, 15) is 4.79 Å². The van der Waals surface area contributed by atoms with Gasteiger partial charge in [-0.1, -0.05) is 13.3 Å². The number of halogens is 1. The Hall–Kier alpha value is -0.280. The van der Waals surface area contributed by atoms with Crippen LogP contribution < -0.4 is 5.48 Å². The lowest BCUT2D eigenvalue weighted by atomic mass is 10.4. The summed E-state index contributed by atoms with van der Waals surface area (Å²) in [5.41, 5.74) is 2.20. The maximum absolute atomic E-state index is 10.4. The molecule has 0 aromatic rings. The van der Waals surface area contributed by atoms with Gasteiger partial charge in [0, 0.05) is 0 Å². The van der Waals surface area contributed by atoms with Crippen molar-refractivity contribution in [2.75, 3.05) is 12.5 Å². The third-order valence-electron chi connectivity index (χ3n) is 0.907. The molecule has 0 aliphatic carbocycles. The number of nitrogens with one attached hydrogen (secondary N) is 1. The second-order valence-corrected chi connectivity index (χ2v) is 2.13. The largest absolute Gasteiger partial charge is 0.274 e. The molecule has 0 saturated heterocycles. The fourth-order valence-corrected chi connectivity index (χ4v) is 0.430. The number of rotatable bonds is 5. The highest BCUT2D eigenvalue weighted by molar-refractivity contribution is 6.27. The third-order valence-corrected chi connectivity index (χ3v) is 1.15. The van der Waals surface area contributed by atoms with Gasteiger partial charge < -0.3 is 0 Å². The standard InChI is InChI=1S/C6H12ClNO2/c1-2-3-4-10-8-6(9)5-7/h2-5H2,1H3,(H,8,9). The zero-order chi connectivity index (χ0) is 7.82. The van der Waals surface area contributed by atoms with Crippen molar-refractivity contribution in [2.24, 2.45) is 0 Å². The maximum atomic E-state index is 10.4. The van der Waals surface area contributed by atoms with Crippen molar-refractivity contribution in [1.29, 1.82) is 0 Å². The summed E-state index contributed by atoms with van der Waals surface area (Å²) >= 11 is 5.17. The fourth-order valence-electron chi connectivity index (χ4n) is 0.375. The molecule has 0 aromatic heterocycles. The summed E-state index contributed by atoms with van der Waals surface area (Å²) in [6.45, 7) is 2.60. The van der Waals surface area contributed by atoms with Crippen LogP contribution in [-0.2, 0) is 9.63 Å². The molecule has 3 nitrogen and oxygen atoms in total. The number of carbonyl (C=O) groups excluding carboxylic acids is 1. The molecule has 0 bridgehead atoms. The Morgan fingerprint density at radius 2 is 2.40 bits per heavy atom. The summed E-state index contributed by atoms with van der Waals surface area (Å²) in [4.78, 5) is 15.1. The Bertz CT molecular complexity index is 97.7. The first-order valence-electron chi connectivity index (χ1n) is 3.27. The summed E-state index contributed by atoms with van der Waals surface area (Å²) in [5.74, 6) is -0.343. The predicted molar refractivity (Wildman–Crippen MR) is 39.7 cm³/mol. The Labute approximate surface area is 65.6 Å². The van der Waals surface area contributed by atoms with Gasteiger partial charge >= 0.3 is 0 Å². The molecule has 60 valence electrons. The van der Waals surface area contributed by atoms with Gasteiger partial charge in [0.2, 0.25) is 0 Å². The summed E-state index contributed by atoms with van der Waals surface area (Å²) in [6, 6.07) is 0. The van der Waals surface area contributed by atoms with Gasteiger partial charge in [-0.3, -0.25) is 9.63 Å². The summed E-state index contributed by atoms with van der Waals surface area (Å²) < 4.78 is 0. The molecule has 0 rings (SSSR count). The van der Waals surface area contributed by atoms with E-state index in [1.165, 1.54) is 0 Å². The Morgan fingerprint density at radius 3 is 2.90 bits per heavy atom. The number of amides is 1. The zero-order valence-corrected chi connectivity index (χ0v) is 6.78. The van der Waals surface area contributed by atoms with E-state index in [0.29, 0.717) is 6.61 Å². The molecule has 0 heterocycles. The van der Waals surface area contributed by atoms with Gasteiger partial charge in [0.1, 0.15) is 5.88 Å². The fraction of sp³-hybridized carbons (Fsp3) is 0.833. The normalized spacial score (nSPS) is 9.40. The number of unbranched alkanes of at least 4 members (excludes halogenated alkanes) is 1. The first kappa shape index (κ1) is 9.72. The van der Waals surface area contributed by atoms with Crippen molar-refractivity contribution in [1.82, 2.24) is 5.48 Å². The summed E-state index contributed by atoms with van der Waals surface area (Å²) in [7, 11) is 0. The topological polar surface area (TPSA) is 38.3 Å². The van der Waals surface area contributed by atoms with Crippen molar-refractivity contribution in [3.63, 3.8) is 0 Å². The molecule has 10 heavy (non-hydrogen) atoms. The molecular formula is C6H12ClNO2. The monoisotopic (exact) mass is 165 g/mol. The highest BCUT2D eigenvalue weighted by Crippen LogP contribution is 1.85. The smallest absolute Gasteiger partial charge is 0.258 e. The van der Waals surface area contributed by atoms with Crippen molar-refractivity contribution in [3.8, 4) is 0 Å². The average Bonchev–Trinajstić information content (AvgIpc) is 1.98. The second-order valence-electron chi connectivity index (χ2n) is 1.86. The van der Waals surface area contributed by atoms with Crippen LogP contribution in [0.5, 0.6) is 0 Å². The SMILES string of the molecule is CCCCONC(=O)CCl. The minimum absolute atomic E-state index is 0.0495. The van der Waals surface area contributed by atoms with Crippen molar-refractivity contribution in [2.45, 2.75) is 19.8 Å². The third kappa shape index (κ3) is 5.85. The molecule has 1 amide bonds. The lowest BCUT2D eigenvalue weighted by molar-refractivity contribution is -0.130. The molecule has 0 aromatic carbocycles. The Morgan fingerprint density at radius 1 is 1.70 bits per heavy atom. The molecule has 0 spiro atoms. The second kappa shape index (κ2) is 6.83. The van der Waals surface area contributed by atoms with Crippen LogP contribution in [-0.4, -0.2) is 18.4 Å². The highest BCUT2D eigenvalue weighted by atomic mass is 35.5. The van der Waals surface area contributed by atoms with Crippen molar-refractivity contribution >= 4 is 17.5 Å². The van der Waals surface area contributed by atoms with Crippen LogP contribution in [0.4, 0.5) is 0 Å². The lowest BCUT2D eigenvalue weighted by Gasteiger charge is -2.01. The molecule has 0 aliphatic rings. The molecule has 1 N–H and O–H groups in total. The summed E-state index contributed by atoms with van der Waals surface area (Å²) in [5, 5.41) is 0. The number of hydrogen-bond acceptors (Lipinski definition) is 2. The van der Waals surface area contributed by atoms with Crippen LogP contribution in [0.3, 0.4) is 0 Å². The number of hydroxylamine groups is 1. The van der Waals surface area contributed by atoms with E-state index in [-0.39, 0.29) is 11.8 Å². The minimum Gasteiger partial charge on any atom is -0.274 e.